The summed E-state index contributed by atoms with van der Waals surface area (Å²) < 4.78 is 37.9. The van der Waals surface area contributed by atoms with Crippen LogP contribution in [0.15, 0.2) is 0 Å². The summed E-state index contributed by atoms with van der Waals surface area (Å²) in [6.45, 7) is 2.07. The number of carbonyl (C=O) groups is 2. The molecular weight excluding hydrogens is 285 g/mol. The van der Waals surface area contributed by atoms with Crippen LogP contribution in [-0.2, 0) is 9.59 Å². The molecule has 7 heteroatoms. The first kappa shape index (κ1) is 14.8. The molecule has 0 spiro atoms. The fraction of sp³-hybridized carbons (Fsp3) is 0.857. The van der Waals surface area contributed by atoms with E-state index in [1.54, 1.807) is 0 Å². The Hall–Kier alpha value is -1.11. The Morgan fingerprint density at radius 3 is 2.10 bits per heavy atom. The number of imide groups is 1. The highest BCUT2D eigenvalue weighted by Crippen LogP contribution is 2.44. The molecule has 4 nitrogen and oxygen atoms in total. The van der Waals surface area contributed by atoms with Gasteiger partial charge in [-0.25, -0.2) is 0 Å². The van der Waals surface area contributed by atoms with Gasteiger partial charge < -0.3 is 5.32 Å². The van der Waals surface area contributed by atoms with Crippen molar-refractivity contribution in [2.24, 2.45) is 17.8 Å². The van der Waals surface area contributed by atoms with Crippen LogP contribution in [0.1, 0.15) is 32.6 Å². The summed E-state index contributed by atoms with van der Waals surface area (Å²) >= 11 is 0. The number of hydrogen-bond acceptors (Lipinski definition) is 3. The molecule has 3 rings (SSSR count). The molecule has 4 atom stereocenters. The molecule has 21 heavy (non-hydrogen) atoms. The van der Waals surface area contributed by atoms with Crippen molar-refractivity contribution in [3.63, 3.8) is 0 Å². The number of alkyl halides is 3. The Labute approximate surface area is 121 Å². The summed E-state index contributed by atoms with van der Waals surface area (Å²) in [6, 6.07) is -1.95. The largest absolute Gasteiger partial charge is 0.403 e. The van der Waals surface area contributed by atoms with Gasteiger partial charge in [-0.3, -0.25) is 14.5 Å². The van der Waals surface area contributed by atoms with E-state index in [-0.39, 0.29) is 43.0 Å². The number of piperidine rings is 1. The molecule has 1 N–H and O–H groups in total. The standard InChI is InChI=1S/C14H19F3N2O2/c1-7-4-9-10(5-7)13(21)19(12(9)20)8-2-3-11(18-6-8)14(15,16)17/h7-11,18H,2-6H2,1H3. The topological polar surface area (TPSA) is 49.4 Å². The predicted molar refractivity (Wildman–Crippen MR) is 68.1 cm³/mol. The highest BCUT2D eigenvalue weighted by atomic mass is 19.4. The van der Waals surface area contributed by atoms with Crippen molar-refractivity contribution in [3.8, 4) is 0 Å². The number of likely N-dealkylation sites (tertiary alicyclic amines) is 1. The molecule has 2 heterocycles. The average Bonchev–Trinajstić information content (AvgIpc) is 2.89. The van der Waals surface area contributed by atoms with Crippen LogP contribution in [0.4, 0.5) is 13.2 Å². The number of nitrogens with zero attached hydrogens (tertiary/aromatic N) is 1. The Bertz CT molecular complexity index is 434. The predicted octanol–water partition coefficient (Wildman–Crippen LogP) is 1.70. The van der Waals surface area contributed by atoms with Crippen LogP contribution >= 0.6 is 0 Å². The number of amides is 2. The summed E-state index contributed by atoms with van der Waals surface area (Å²) in [5.41, 5.74) is 0. The normalized spacial score (nSPS) is 40.8. The van der Waals surface area contributed by atoms with Crippen molar-refractivity contribution in [1.29, 1.82) is 0 Å². The zero-order valence-corrected chi connectivity index (χ0v) is 11.8. The van der Waals surface area contributed by atoms with E-state index in [2.05, 4.69) is 5.32 Å². The van der Waals surface area contributed by atoms with Crippen molar-refractivity contribution in [1.82, 2.24) is 10.2 Å². The third-order valence-corrected chi connectivity index (χ3v) is 5.06. The van der Waals surface area contributed by atoms with Crippen LogP contribution in [-0.4, -0.2) is 41.5 Å². The lowest BCUT2D eigenvalue weighted by atomic mass is 9.98. The molecule has 1 saturated carbocycles. The minimum absolute atomic E-state index is 0.0383. The van der Waals surface area contributed by atoms with Crippen molar-refractivity contribution < 1.29 is 22.8 Å². The van der Waals surface area contributed by atoms with Gasteiger partial charge >= 0.3 is 6.18 Å². The van der Waals surface area contributed by atoms with Gasteiger partial charge in [0.25, 0.3) is 0 Å². The van der Waals surface area contributed by atoms with E-state index in [1.807, 2.05) is 6.92 Å². The molecule has 0 bridgehead atoms. The average molecular weight is 304 g/mol. The zero-order chi connectivity index (χ0) is 15.4. The molecule has 2 amide bonds. The number of nitrogens with one attached hydrogen (secondary N) is 1. The molecule has 3 aliphatic rings. The number of rotatable bonds is 1. The van der Waals surface area contributed by atoms with Gasteiger partial charge in [-0.15, -0.1) is 0 Å². The molecular formula is C14H19F3N2O2. The van der Waals surface area contributed by atoms with Gasteiger partial charge in [-0.05, 0) is 31.6 Å². The molecule has 2 saturated heterocycles. The monoisotopic (exact) mass is 304 g/mol. The maximum atomic E-state index is 12.6. The SMILES string of the molecule is CC1CC2C(=O)N(C3CCC(C(F)(F)F)NC3)C(=O)C2C1. The molecule has 0 aromatic carbocycles. The summed E-state index contributed by atoms with van der Waals surface area (Å²) in [7, 11) is 0. The van der Waals surface area contributed by atoms with Crippen molar-refractivity contribution >= 4 is 11.8 Å². The van der Waals surface area contributed by atoms with Crippen LogP contribution in [0.3, 0.4) is 0 Å². The van der Waals surface area contributed by atoms with Crippen molar-refractivity contribution in [3.05, 3.63) is 0 Å². The minimum atomic E-state index is -4.27. The van der Waals surface area contributed by atoms with Crippen molar-refractivity contribution in [2.45, 2.75) is 50.9 Å². The Balaban J connectivity index is 1.67. The Kier molecular flexibility index (Phi) is 3.50. The minimum Gasteiger partial charge on any atom is -0.304 e. The smallest absolute Gasteiger partial charge is 0.304 e. The van der Waals surface area contributed by atoms with E-state index >= 15 is 0 Å². The van der Waals surface area contributed by atoms with E-state index in [9.17, 15) is 22.8 Å². The fourth-order valence-electron chi connectivity index (χ4n) is 4.00. The third kappa shape index (κ3) is 2.45. The molecule has 2 aliphatic heterocycles. The van der Waals surface area contributed by atoms with E-state index in [0.717, 1.165) is 12.8 Å². The van der Waals surface area contributed by atoms with Crippen LogP contribution in [0.5, 0.6) is 0 Å². The molecule has 1 aliphatic carbocycles. The molecule has 0 radical (unpaired) electrons. The lowest BCUT2D eigenvalue weighted by Gasteiger charge is -2.35. The highest BCUT2D eigenvalue weighted by molar-refractivity contribution is 6.05. The van der Waals surface area contributed by atoms with Crippen LogP contribution in [0, 0.1) is 17.8 Å². The van der Waals surface area contributed by atoms with Gasteiger partial charge in [0.2, 0.25) is 11.8 Å². The molecule has 0 aromatic rings. The Morgan fingerprint density at radius 2 is 1.67 bits per heavy atom. The van der Waals surface area contributed by atoms with E-state index in [1.165, 1.54) is 4.90 Å². The van der Waals surface area contributed by atoms with Crippen molar-refractivity contribution in [2.75, 3.05) is 6.54 Å². The highest BCUT2D eigenvalue weighted by Gasteiger charge is 2.54. The van der Waals surface area contributed by atoms with Crippen LogP contribution in [0.2, 0.25) is 0 Å². The maximum Gasteiger partial charge on any atom is 0.403 e. The first-order valence-corrected chi connectivity index (χ1v) is 7.46. The number of hydrogen-bond donors (Lipinski definition) is 1. The van der Waals surface area contributed by atoms with E-state index in [4.69, 9.17) is 0 Å². The van der Waals surface area contributed by atoms with Gasteiger partial charge in [0.05, 0.1) is 17.9 Å². The van der Waals surface area contributed by atoms with E-state index in [0.29, 0.717) is 5.92 Å². The van der Waals surface area contributed by atoms with Gasteiger partial charge in [0.1, 0.15) is 6.04 Å². The first-order chi connectivity index (χ1) is 9.79. The molecule has 0 aromatic heterocycles. The third-order valence-electron chi connectivity index (χ3n) is 5.06. The quantitative estimate of drug-likeness (QED) is 0.750. The molecule has 4 unspecified atom stereocenters. The number of carbonyl (C=O) groups excluding carboxylic acids is 2. The Morgan fingerprint density at radius 1 is 1.10 bits per heavy atom. The molecule has 3 fully saturated rings. The fourth-order valence-corrected chi connectivity index (χ4v) is 4.00. The second-order valence-electron chi connectivity index (χ2n) is 6.57. The lowest BCUT2D eigenvalue weighted by molar-refractivity contribution is -0.164. The first-order valence-electron chi connectivity index (χ1n) is 7.46. The summed E-state index contributed by atoms with van der Waals surface area (Å²) in [5.74, 6) is -0.465. The molecule has 118 valence electrons. The summed E-state index contributed by atoms with van der Waals surface area (Å²) in [6.07, 6.45) is -2.69. The zero-order valence-electron chi connectivity index (χ0n) is 11.8. The van der Waals surface area contributed by atoms with Gasteiger partial charge in [-0.2, -0.15) is 13.2 Å². The van der Waals surface area contributed by atoms with Gasteiger partial charge in [0.15, 0.2) is 0 Å². The van der Waals surface area contributed by atoms with E-state index < -0.39 is 18.3 Å². The van der Waals surface area contributed by atoms with Crippen LogP contribution < -0.4 is 5.32 Å². The van der Waals surface area contributed by atoms with Gasteiger partial charge in [0, 0.05) is 6.54 Å². The van der Waals surface area contributed by atoms with Gasteiger partial charge in [-0.1, -0.05) is 6.92 Å². The summed E-state index contributed by atoms with van der Waals surface area (Å²) in [5, 5.41) is 2.43. The number of fused-ring (bicyclic) bond motifs is 1. The second-order valence-corrected chi connectivity index (χ2v) is 6.57. The number of halogens is 3. The summed E-state index contributed by atoms with van der Waals surface area (Å²) in [4.78, 5) is 26.0. The second kappa shape index (κ2) is 4.97. The van der Waals surface area contributed by atoms with Crippen LogP contribution in [0.25, 0.3) is 0 Å². The lowest BCUT2D eigenvalue weighted by Crippen LogP contribution is -2.55. The maximum absolute atomic E-state index is 12.6.